The van der Waals surface area contributed by atoms with E-state index in [4.69, 9.17) is 4.74 Å². The Hall–Kier alpha value is -2.18. The van der Waals surface area contributed by atoms with Gasteiger partial charge >= 0.3 is 17.9 Å². The summed E-state index contributed by atoms with van der Waals surface area (Å²) in [5, 5.41) is 21.8. The third kappa shape index (κ3) is 3.40. The van der Waals surface area contributed by atoms with E-state index in [0.717, 1.165) is 18.4 Å². The predicted molar refractivity (Wildman–Crippen MR) is 145 cm³/mol. The van der Waals surface area contributed by atoms with Crippen molar-refractivity contribution in [3.05, 3.63) is 12.2 Å². The molecule has 5 saturated carbocycles. The minimum absolute atomic E-state index is 0.0172. The average molecular weight is 543 g/mol. The van der Waals surface area contributed by atoms with Crippen LogP contribution in [0.25, 0.3) is 0 Å². The summed E-state index contributed by atoms with van der Waals surface area (Å²) in [5.74, 6) is -2.68. The largest absolute Gasteiger partial charge is 0.481 e. The molecule has 0 amide bonds. The maximum absolute atomic E-state index is 13.8. The Kier molecular flexibility index (Phi) is 6.29. The molecule has 0 spiro atoms. The highest BCUT2D eigenvalue weighted by Crippen LogP contribution is 2.77. The molecular formula is C32H46O7. The molecule has 2 N–H and O–H groups in total. The molecule has 0 bridgehead atoms. The molecule has 3 unspecified atom stereocenters. The lowest BCUT2D eigenvalue weighted by molar-refractivity contribution is -0.266. The van der Waals surface area contributed by atoms with Crippen molar-refractivity contribution in [2.24, 2.45) is 56.7 Å². The molecule has 0 heterocycles. The molecule has 5 fully saturated rings. The van der Waals surface area contributed by atoms with Crippen LogP contribution in [0.15, 0.2) is 12.2 Å². The maximum atomic E-state index is 13.8. The van der Waals surface area contributed by atoms with E-state index in [2.05, 4.69) is 20.4 Å². The van der Waals surface area contributed by atoms with Gasteiger partial charge < -0.3 is 14.9 Å². The highest BCUT2D eigenvalue weighted by atomic mass is 16.5. The van der Waals surface area contributed by atoms with Crippen molar-refractivity contribution >= 4 is 23.7 Å². The van der Waals surface area contributed by atoms with E-state index < -0.39 is 45.7 Å². The molecule has 0 saturated heterocycles. The van der Waals surface area contributed by atoms with E-state index in [1.807, 2.05) is 20.8 Å². The summed E-state index contributed by atoms with van der Waals surface area (Å²) in [4.78, 5) is 52.3. The molecule has 216 valence electrons. The molecule has 0 aromatic heterocycles. The predicted octanol–water partition coefficient (Wildman–Crippen LogP) is 5.90. The topological polar surface area (TPSA) is 118 Å². The van der Waals surface area contributed by atoms with E-state index >= 15 is 0 Å². The monoisotopic (exact) mass is 542 g/mol. The number of carboxylic acids is 2. The van der Waals surface area contributed by atoms with Crippen LogP contribution in [-0.4, -0.2) is 40.0 Å². The first kappa shape index (κ1) is 28.4. The molecule has 10 atom stereocenters. The summed E-state index contributed by atoms with van der Waals surface area (Å²) in [6, 6.07) is 0. The summed E-state index contributed by atoms with van der Waals surface area (Å²) in [6.45, 7) is 15.8. The number of Topliss-reactive ketones (excluding diaryl/α,β-unsaturated/α-hetero) is 1. The second kappa shape index (κ2) is 8.66. The number of ketones is 1. The van der Waals surface area contributed by atoms with Crippen molar-refractivity contribution < 1.29 is 34.1 Å². The molecule has 0 aromatic carbocycles. The number of hydrogen-bond acceptors (Lipinski definition) is 5. The van der Waals surface area contributed by atoms with Crippen LogP contribution in [0.3, 0.4) is 0 Å². The summed E-state index contributed by atoms with van der Waals surface area (Å²) in [6.07, 6.45) is 4.26. The average Bonchev–Trinajstić information content (AvgIpc) is 3.22. The molecule has 39 heavy (non-hydrogen) atoms. The highest BCUT2D eigenvalue weighted by molar-refractivity contribution is 5.86. The first-order chi connectivity index (χ1) is 18.0. The van der Waals surface area contributed by atoms with Crippen molar-refractivity contribution in [3.63, 3.8) is 0 Å². The smallest absolute Gasteiger partial charge is 0.310 e. The molecule has 5 aliphatic carbocycles. The quantitative estimate of drug-likeness (QED) is 0.335. The fraction of sp³-hybridized carbons (Fsp3) is 0.812. The lowest BCUT2D eigenvalue weighted by atomic mass is 9.31. The molecule has 0 aliphatic heterocycles. The van der Waals surface area contributed by atoms with Crippen LogP contribution < -0.4 is 0 Å². The van der Waals surface area contributed by atoms with Gasteiger partial charge in [-0.3, -0.25) is 19.2 Å². The van der Waals surface area contributed by atoms with Crippen molar-refractivity contribution in [3.8, 4) is 0 Å². The lowest BCUT2D eigenvalue weighted by Crippen LogP contribution is -2.72. The lowest BCUT2D eigenvalue weighted by Gasteiger charge is -2.72. The molecule has 7 nitrogen and oxygen atoms in total. The second-order valence-corrected chi connectivity index (χ2v) is 14.9. The first-order valence-electron chi connectivity index (χ1n) is 14.8. The number of hydrogen-bond donors (Lipinski definition) is 2. The number of ether oxygens (including phenoxy) is 1. The number of allylic oxidation sites excluding steroid dienone is 1. The van der Waals surface area contributed by atoms with E-state index in [1.54, 1.807) is 0 Å². The van der Waals surface area contributed by atoms with E-state index in [0.29, 0.717) is 44.9 Å². The summed E-state index contributed by atoms with van der Waals surface area (Å²) in [7, 11) is 0. The van der Waals surface area contributed by atoms with Crippen LogP contribution in [0, 0.1) is 56.7 Å². The van der Waals surface area contributed by atoms with Crippen LogP contribution in [0.1, 0.15) is 99.3 Å². The van der Waals surface area contributed by atoms with E-state index in [-0.39, 0.29) is 40.8 Å². The van der Waals surface area contributed by atoms with Gasteiger partial charge in [0.05, 0.1) is 10.8 Å². The van der Waals surface area contributed by atoms with Gasteiger partial charge in [0.15, 0.2) is 0 Å². The number of aliphatic carboxylic acids is 2. The van der Waals surface area contributed by atoms with Crippen LogP contribution >= 0.6 is 0 Å². The van der Waals surface area contributed by atoms with Crippen LogP contribution in [-0.2, 0) is 23.9 Å². The fourth-order valence-electron chi connectivity index (χ4n) is 11.9. The Bertz CT molecular complexity index is 1140. The van der Waals surface area contributed by atoms with Crippen molar-refractivity contribution in [2.75, 3.05) is 0 Å². The normalized spacial score (nSPS) is 48.1. The van der Waals surface area contributed by atoms with Crippen molar-refractivity contribution in [2.45, 2.75) is 105 Å². The number of esters is 1. The number of fused-ring (bicyclic) bond motifs is 7. The summed E-state index contributed by atoms with van der Waals surface area (Å²) < 4.78 is 6.04. The second-order valence-electron chi connectivity index (χ2n) is 14.9. The Labute approximate surface area is 232 Å². The number of carbonyl (C=O) groups excluding carboxylic acids is 2. The SMILES string of the molecule is C=C(C)[C@@H]1CC[C@]2(C(=O)O)CC[C@]3(C(=O)O)C(CC[C@@H]4[C@@]5(C)CCC(=O)C(C)(C)C5[C@@H](OC(C)=O)C[C@]43C)C12. The molecular weight excluding hydrogens is 496 g/mol. The maximum Gasteiger partial charge on any atom is 0.310 e. The summed E-state index contributed by atoms with van der Waals surface area (Å²) in [5.41, 5.74) is -2.93. The standard InChI is InChI=1S/C32H46O7/c1-17(2)19-10-13-31(26(35)36)14-15-32(27(37)38)20(24(19)31)8-9-22-29(6)12-11-23(34)28(4,5)25(29)21(39-18(3)33)16-30(22,32)7/h19-22,24-25H,1,8-16H2,2-7H3,(H,35,36)(H,37,38)/t19-,20?,21-,22+,24?,25?,29+,30+,31-,32+/m0/s1. The van der Waals surface area contributed by atoms with Crippen molar-refractivity contribution in [1.82, 2.24) is 0 Å². The molecule has 5 aliphatic rings. The van der Waals surface area contributed by atoms with Crippen LogP contribution in [0.5, 0.6) is 0 Å². The van der Waals surface area contributed by atoms with Crippen LogP contribution in [0.4, 0.5) is 0 Å². The van der Waals surface area contributed by atoms with Gasteiger partial charge in [0.2, 0.25) is 0 Å². The van der Waals surface area contributed by atoms with Gasteiger partial charge in [0, 0.05) is 24.7 Å². The Morgan fingerprint density at radius 1 is 0.923 bits per heavy atom. The Balaban J connectivity index is 1.70. The molecule has 7 heteroatoms. The third-order valence-electron chi connectivity index (χ3n) is 13.2. The number of rotatable bonds is 4. The van der Waals surface area contributed by atoms with Gasteiger partial charge in [-0.25, -0.2) is 0 Å². The van der Waals surface area contributed by atoms with E-state index in [9.17, 15) is 29.4 Å². The van der Waals surface area contributed by atoms with Gasteiger partial charge in [-0.2, -0.15) is 0 Å². The number of carbonyl (C=O) groups is 4. The zero-order valence-corrected chi connectivity index (χ0v) is 24.5. The van der Waals surface area contributed by atoms with Gasteiger partial charge in [-0.05, 0) is 92.8 Å². The third-order valence-corrected chi connectivity index (χ3v) is 13.2. The number of carboxylic acid groups (broad SMARTS) is 2. The zero-order chi connectivity index (χ0) is 28.9. The molecule has 0 radical (unpaired) electrons. The highest BCUT2D eigenvalue weighted by Gasteiger charge is 2.77. The zero-order valence-electron chi connectivity index (χ0n) is 24.5. The van der Waals surface area contributed by atoms with E-state index in [1.165, 1.54) is 6.92 Å². The minimum atomic E-state index is -1.14. The first-order valence-corrected chi connectivity index (χ1v) is 14.8. The van der Waals surface area contributed by atoms with Gasteiger partial charge in [0.1, 0.15) is 11.9 Å². The van der Waals surface area contributed by atoms with Crippen molar-refractivity contribution in [1.29, 1.82) is 0 Å². The van der Waals surface area contributed by atoms with Gasteiger partial charge in [-0.1, -0.05) is 39.8 Å². The van der Waals surface area contributed by atoms with Crippen LogP contribution in [0.2, 0.25) is 0 Å². The fourth-order valence-corrected chi connectivity index (χ4v) is 11.9. The molecule has 0 aromatic rings. The summed E-state index contributed by atoms with van der Waals surface area (Å²) >= 11 is 0. The minimum Gasteiger partial charge on any atom is -0.481 e. The Morgan fingerprint density at radius 2 is 1.59 bits per heavy atom. The van der Waals surface area contributed by atoms with Gasteiger partial charge in [0.25, 0.3) is 0 Å². The molecule has 5 rings (SSSR count). The Morgan fingerprint density at radius 3 is 2.15 bits per heavy atom. The van der Waals surface area contributed by atoms with Gasteiger partial charge in [-0.15, -0.1) is 0 Å².